The van der Waals surface area contributed by atoms with Crippen LogP contribution in [-0.4, -0.2) is 18.4 Å². The van der Waals surface area contributed by atoms with E-state index in [1.54, 1.807) is 12.2 Å². The lowest BCUT2D eigenvalue weighted by atomic mass is 10.1. The van der Waals surface area contributed by atoms with E-state index >= 15 is 0 Å². The fourth-order valence-corrected chi connectivity index (χ4v) is 2.75. The van der Waals surface area contributed by atoms with Crippen molar-refractivity contribution in [2.45, 2.75) is 64.4 Å². The normalized spacial score (nSPS) is 14.3. The Morgan fingerprint density at radius 1 is 0.929 bits per heavy atom. The van der Waals surface area contributed by atoms with Crippen molar-refractivity contribution in [2.24, 2.45) is 5.73 Å². The van der Waals surface area contributed by atoms with Crippen LogP contribution in [0, 0.1) is 0 Å². The maximum atomic E-state index is 11.6. The number of nitrogens with two attached hydrogens (primary N) is 1. The Labute approximate surface area is 170 Å². The molecule has 0 saturated heterocycles. The quantitative estimate of drug-likeness (QED) is 0.161. The molecule has 0 bridgehead atoms. The van der Waals surface area contributed by atoms with E-state index in [0.717, 1.165) is 6.42 Å². The molecule has 0 rings (SSSR count). The van der Waals surface area contributed by atoms with E-state index in [2.05, 4.69) is 23.6 Å². The number of carbonyl (C=O) groups excluding carboxylic acids is 1. The minimum absolute atomic E-state index is 0.187. The van der Waals surface area contributed by atoms with Gasteiger partial charge in [0, 0.05) is 6.54 Å². The Balaban J connectivity index is 3.86. The zero-order valence-electron chi connectivity index (χ0n) is 16.9. The van der Waals surface area contributed by atoms with Gasteiger partial charge in [0.1, 0.15) is 0 Å². The van der Waals surface area contributed by atoms with Crippen LogP contribution < -0.4 is 10.6 Å². The summed E-state index contributed by atoms with van der Waals surface area (Å²) in [5, 5.41) is 0. The van der Waals surface area contributed by atoms with Crippen molar-refractivity contribution in [3.8, 4) is 0 Å². The third kappa shape index (κ3) is 17.7. The number of carbonyl (C=O) groups is 1. The highest BCUT2D eigenvalue weighted by Gasteiger charge is 2.21. The predicted octanol–water partition coefficient (Wildman–Crippen LogP) is 4.84. The molecule has 2 atom stereocenters. The van der Waals surface area contributed by atoms with E-state index in [4.69, 9.17) is 5.73 Å². The molecule has 0 amide bonds. The van der Waals surface area contributed by atoms with Crippen LogP contribution in [0.25, 0.3) is 0 Å². The van der Waals surface area contributed by atoms with Crippen LogP contribution in [0.5, 0.6) is 0 Å². The van der Waals surface area contributed by atoms with Crippen LogP contribution in [0.4, 0.5) is 0 Å². The van der Waals surface area contributed by atoms with Crippen LogP contribution >= 0.6 is 8.25 Å². The van der Waals surface area contributed by atoms with Gasteiger partial charge in [0.15, 0.2) is 11.9 Å². The Bertz CT molecular complexity index is 565. The number of ketones is 1. The summed E-state index contributed by atoms with van der Waals surface area (Å²) in [5.41, 5.74) is 5.30. The zero-order valence-corrected chi connectivity index (χ0v) is 17.8. The first-order valence-electron chi connectivity index (χ1n) is 10.00. The average molecular weight is 407 g/mol. The van der Waals surface area contributed by atoms with Gasteiger partial charge >= 0.3 is 8.25 Å². The molecule has 0 aliphatic rings. The van der Waals surface area contributed by atoms with E-state index in [0.29, 0.717) is 0 Å². The fraction of sp³-hybridized carbons (Fsp3) is 0.500. The first-order valence-corrected chi connectivity index (χ1v) is 11.1. The second-order valence-corrected chi connectivity index (χ2v) is 6.97. The Hall–Kier alpha value is -1.65. The van der Waals surface area contributed by atoms with Gasteiger partial charge in [-0.15, -0.1) is 4.52 Å². The molecular formula is C22H34NO4P. The lowest BCUT2D eigenvalue weighted by molar-refractivity contribution is -0.189. The molecule has 0 heterocycles. The average Bonchev–Trinajstić information content (AvgIpc) is 2.68. The van der Waals surface area contributed by atoms with E-state index in [9.17, 15) is 14.3 Å². The summed E-state index contributed by atoms with van der Waals surface area (Å²) in [4.78, 5) is 22.1. The van der Waals surface area contributed by atoms with Gasteiger partial charge in [-0.05, 0) is 23.5 Å². The largest absolute Gasteiger partial charge is 0.566 e. The number of hydrogen-bond acceptors (Lipinski definition) is 5. The van der Waals surface area contributed by atoms with E-state index < -0.39 is 20.1 Å². The summed E-state index contributed by atoms with van der Waals surface area (Å²) in [7, 11) is -3.10. The molecule has 0 spiro atoms. The molecule has 2 N–H and O–H groups in total. The van der Waals surface area contributed by atoms with Crippen LogP contribution in [0.1, 0.15) is 58.3 Å². The summed E-state index contributed by atoms with van der Waals surface area (Å²) in [6.45, 7) is 2.05. The molecule has 0 aromatic heterocycles. The molecule has 0 aliphatic heterocycles. The predicted molar refractivity (Wildman–Crippen MR) is 115 cm³/mol. The topological polar surface area (TPSA) is 92.5 Å². The SMILES string of the molecule is CCCCCCCCCC=CC=CC=CC=CC=CC(=O)C(CN)O[P+](=O)[O-]. The highest BCUT2D eigenvalue weighted by atomic mass is 31.1. The Morgan fingerprint density at radius 2 is 1.46 bits per heavy atom. The summed E-state index contributed by atoms with van der Waals surface area (Å²) in [5.74, 6) is -0.485. The van der Waals surface area contributed by atoms with Crippen LogP contribution in [-0.2, 0) is 13.9 Å². The molecule has 0 radical (unpaired) electrons. The molecule has 0 aliphatic carbocycles. The molecule has 0 aromatic rings. The first-order chi connectivity index (χ1) is 13.6. The van der Waals surface area contributed by atoms with Crippen molar-refractivity contribution in [1.82, 2.24) is 0 Å². The maximum absolute atomic E-state index is 11.6. The van der Waals surface area contributed by atoms with Gasteiger partial charge < -0.3 is 10.6 Å². The Morgan fingerprint density at radius 3 is 2.04 bits per heavy atom. The van der Waals surface area contributed by atoms with Crippen molar-refractivity contribution in [3.63, 3.8) is 0 Å². The molecule has 5 nitrogen and oxygen atoms in total. The summed E-state index contributed by atoms with van der Waals surface area (Å²) in [6, 6.07) is 0. The summed E-state index contributed by atoms with van der Waals surface area (Å²) < 4.78 is 14.9. The fourth-order valence-electron chi connectivity index (χ4n) is 2.35. The van der Waals surface area contributed by atoms with Crippen LogP contribution in [0.3, 0.4) is 0 Å². The second-order valence-electron chi connectivity index (χ2n) is 6.31. The maximum Gasteiger partial charge on any atom is 0.489 e. The smallest absolute Gasteiger partial charge is 0.489 e. The lowest BCUT2D eigenvalue weighted by Crippen LogP contribution is -2.30. The molecule has 156 valence electrons. The monoisotopic (exact) mass is 407 g/mol. The molecule has 0 saturated carbocycles. The number of hydrogen-bond donors (Lipinski definition) is 1. The Kier molecular flexibility index (Phi) is 18.9. The summed E-state index contributed by atoms with van der Waals surface area (Å²) in [6.07, 6.45) is 27.3. The highest BCUT2D eigenvalue weighted by molar-refractivity contribution is 7.30. The van der Waals surface area contributed by atoms with Gasteiger partial charge in [0.05, 0.1) is 0 Å². The standard InChI is InChI=1S/C22H34NO4P/c1-2-3-4-5-6-7-8-9-10-11-12-13-14-15-16-17-18-19-21(24)22(20-23)27-28(25)26/h10-19,22H,2-9,20,23H2,1H3. The minimum Gasteiger partial charge on any atom is -0.566 e. The van der Waals surface area contributed by atoms with Crippen molar-refractivity contribution < 1.29 is 18.8 Å². The number of allylic oxidation sites excluding steroid dienone is 9. The summed E-state index contributed by atoms with van der Waals surface area (Å²) >= 11 is 0. The van der Waals surface area contributed by atoms with Crippen molar-refractivity contribution in [1.29, 1.82) is 0 Å². The van der Waals surface area contributed by atoms with E-state index in [-0.39, 0.29) is 6.54 Å². The van der Waals surface area contributed by atoms with Crippen LogP contribution in [0.2, 0.25) is 0 Å². The molecule has 6 heteroatoms. The molecule has 2 unspecified atom stereocenters. The van der Waals surface area contributed by atoms with Gasteiger partial charge in [0.2, 0.25) is 0 Å². The lowest BCUT2D eigenvalue weighted by Gasteiger charge is -2.03. The van der Waals surface area contributed by atoms with E-state index in [1.807, 2.05) is 24.3 Å². The van der Waals surface area contributed by atoms with Crippen molar-refractivity contribution in [2.75, 3.05) is 6.54 Å². The van der Waals surface area contributed by atoms with Gasteiger partial charge in [0.25, 0.3) is 0 Å². The second kappa shape index (κ2) is 20.1. The van der Waals surface area contributed by atoms with Crippen LogP contribution in [0.15, 0.2) is 60.8 Å². The molecule has 0 fully saturated rings. The van der Waals surface area contributed by atoms with Crippen molar-refractivity contribution >= 4 is 14.0 Å². The molecule has 28 heavy (non-hydrogen) atoms. The van der Waals surface area contributed by atoms with Gasteiger partial charge in [-0.3, -0.25) is 4.79 Å². The first kappa shape index (κ1) is 26.4. The van der Waals surface area contributed by atoms with Gasteiger partial charge in [-0.25, -0.2) is 0 Å². The zero-order chi connectivity index (χ0) is 20.9. The third-order valence-electron chi connectivity index (χ3n) is 3.89. The highest BCUT2D eigenvalue weighted by Crippen LogP contribution is 2.13. The molecular weight excluding hydrogens is 373 g/mol. The van der Waals surface area contributed by atoms with Gasteiger partial charge in [-0.1, -0.05) is 100 Å². The number of rotatable bonds is 17. The van der Waals surface area contributed by atoms with Crippen molar-refractivity contribution in [3.05, 3.63) is 60.8 Å². The molecule has 0 aromatic carbocycles. The number of unbranched alkanes of at least 4 members (excludes halogenated alkanes) is 7. The van der Waals surface area contributed by atoms with Gasteiger partial charge in [-0.2, -0.15) is 0 Å². The third-order valence-corrected chi connectivity index (χ3v) is 4.32. The minimum atomic E-state index is -3.10. The van der Waals surface area contributed by atoms with E-state index in [1.165, 1.54) is 57.1 Å².